The molecule has 0 fully saturated rings. The second-order valence-corrected chi connectivity index (χ2v) is 5.05. The number of pyridine rings is 1. The van der Waals surface area contributed by atoms with Crippen LogP contribution in [-0.2, 0) is 6.61 Å². The molecule has 0 bridgehead atoms. The first-order valence-corrected chi connectivity index (χ1v) is 6.46. The Labute approximate surface area is 119 Å². The molecule has 0 atom stereocenters. The number of aryl methyl sites for hydroxylation is 1. The van der Waals surface area contributed by atoms with Crippen molar-refractivity contribution in [3.8, 4) is 11.6 Å². The van der Waals surface area contributed by atoms with E-state index in [1.165, 1.54) is 6.20 Å². The Morgan fingerprint density at radius 3 is 2.83 bits per heavy atom. The lowest BCUT2D eigenvalue weighted by Gasteiger charge is -2.08. The minimum atomic E-state index is -0.142. The summed E-state index contributed by atoms with van der Waals surface area (Å²) in [6, 6.07) is 7.28. The summed E-state index contributed by atoms with van der Waals surface area (Å²) in [7, 11) is 0. The number of halogens is 2. The van der Waals surface area contributed by atoms with Gasteiger partial charge in [-0.1, -0.05) is 27.5 Å². The van der Waals surface area contributed by atoms with Gasteiger partial charge in [-0.15, -0.1) is 0 Å². The van der Waals surface area contributed by atoms with Gasteiger partial charge in [-0.3, -0.25) is 0 Å². The third-order valence-corrected chi connectivity index (χ3v) is 3.66. The Balaban J connectivity index is 2.25. The van der Waals surface area contributed by atoms with Crippen LogP contribution in [0.5, 0.6) is 11.6 Å². The van der Waals surface area contributed by atoms with Gasteiger partial charge >= 0.3 is 0 Å². The van der Waals surface area contributed by atoms with Crippen molar-refractivity contribution in [3.63, 3.8) is 0 Å². The topological polar surface area (TPSA) is 42.4 Å². The fraction of sp³-hybridized carbons (Fsp3) is 0.154. The molecule has 94 valence electrons. The Hall–Kier alpha value is -1.10. The lowest BCUT2D eigenvalue weighted by molar-refractivity contribution is 0.281. The smallest absolute Gasteiger partial charge is 0.219 e. The Morgan fingerprint density at radius 2 is 2.17 bits per heavy atom. The summed E-state index contributed by atoms with van der Waals surface area (Å²) >= 11 is 9.29. The van der Waals surface area contributed by atoms with Gasteiger partial charge in [0.2, 0.25) is 5.88 Å². The van der Waals surface area contributed by atoms with E-state index in [-0.39, 0.29) is 6.61 Å². The molecule has 0 radical (unpaired) electrons. The molecular formula is C13H11BrClNO2. The fourth-order valence-electron chi connectivity index (χ4n) is 1.44. The lowest BCUT2D eigenvalue weighted by atomic mass is 10.2. The highest BCUT2D eigenvalue weighted by Gasteiger charge is 2.05. The van der Waals surface area contributed by atoms with Gasteiger partial charge in [0.25, 0.3) is 0 Å². The average Bonchev–Trinajstić information content (AvgIpc) is 2.36. The van der Waals surface area contributed by atoms with Crippen LogP contribution in [0.25, 0.3) is 0 Å². The van der Waals surface area contributed by atoms with Crippen LogP contribution in [-0.4, -0.2) is 10.1 Å². The number of nitrogens with zero attached hydrogens (tertiary/aromatic N) is 1. The molecule has 3 nitrogen and oxygen atoms in total. The second-order valence-electron chi connectivity index (χ2n) is 3.79. The van der Waals surface area contributed by atoms with Crippen molar-refractivity contribution in [1.82, 2.24) is 4.98 Å². The molecule has 18 heavy (non-hydrogen) atoms. The number of ether oxygens (including phenoxy) is 1. The molecule has 1 aromatic heterocycles. The highest BCUT2D eigenvalue weighted by atomic mass is 79.9. The number of hydrogen-bond donors (Lipinski definition) is 1. The maximum Gasteiger partial charge on any atom is 0.219 e. The number of hydrogen-bond acceptors (Lipinski definition) is 3. The van der Waals surface area contributed by atoms with Gasteiger partial charge in [0.1, 0.15) is 5.75 Å². The first-order chi connectivity index (χ1) is 8.60. The number of aliphatic hydroxyl groups is 1. The number of aliphatic hydroxyl groups excluding tert-OH is 1. The van der Waals surface area contributed by atoms with Crippen molar-refractivity contribution in [2.45, 2.75) is 13.5 Å². The van der Waals surface area contributed by atoms with Crippen molar-refractivity contribution < 1.29 is 9.84 Å². The van der Waals surface area contributed by atoms with E-state index in [1.54, 1.807) is 6.07 Å². The van der Waals surface area contributed by atoms with Crippen molar-refractivity contribution in [3.05, 3.63) is 51.1 Å². The van der Waals surface area contributed by atoms with E-state index in [9.17, 15) is 0 Å². The van der Waals surface area contributed by atoms with Gasteiger partial charge in [0, 0.05) is 22.3 Å². The van der Waals surface area contributed by atoms with Gasteiger partial charge in [-0.25, -0.2) is 4.98 Å². The van der Waals surface area contributed by atoms with E-state index in [2.05, 4.69) is 20.9 Å². The largest absolute Gasteiger partial charge is 0.439 e. The summed E-state index contributed by atoms with van der Waals surface area (Å²) in [4.78, 5) is 4.06. The standard InChI is InChI=1S/C13H11BrClNO2/c1-8-4-10(2-3-11(8)14)18-13-5-9(7-17)12(15)6-16-13/h2-6,17H,7H2,1H3. The molecule has 0 amide bonds. The summed E-state index contributed by atoms with van der Waals surface area (Å²) in [5, 5.41) is 9.54. The number of rotatable bonds is 3. The van der Waals surface area contributed by atoms with E-state index in [4.69, 9.17) is 21.4 Å². The molecule has 1 N–H and O–H groups in total. The predicted octanol–water partition coefficient (Wildman–Crippen LogP) is 4.09. The first-order valence-electron chi connectivity index (χ1n) is 5.29. The van der Waals surface area contributed by atoms with E-state index >= 15 is 0 Å². The zero-order chi connectivity index (χ0) is 13.1. The first kappa shape index (κ1) is 13.3. The van der Waals surface area contributed by atoms with Crippen LogP contribution < -0.4 is 4.74 Å². The summed E-state index contributed by atoms with van der Waals surface area (Å²) in [6.45, 7) is 1.84. The summed E-state index contributed by atoms with van der Waals surface area (Å²) in [6.07, 6.45) is 1.47. The van der Waals surface area contributed by atoms with Crippen LogP contribution in [0.15, 0.2) is 34.9 Å². The van der Waals surface area contributed by atoms with Crippen molar-refractivity contribution in [1.29, 1.82) is 0 Å². The van der Waals surface area contributed by atoms with Crippen LogP contribution >= 0.6 is 27.5 Å². The van der Waals surface area contributed by atoms with Crippen LogP contribution in [0.2, 0.25) is 5.02 Å². The van der Waals surface area contributed by atoms with Crippen LogP contribution in [0, 0.1) is 6.92 Å². The number of benzene rings is 1. The summed E-state index contributed by atoms with van der Waals surface area (Å²) < 4.78 is 6.63. The average molecular weight is 329 g/mol. The molecule has 0 saturated carbocycles. The monoisotopic (exact) mass is 327 g/mol. The highest BCUT2D eigenvalue weighted by molar-refractivity contribution is 9.10. The van der Waals surface area contributed by atoms with Crippen LogP contribution in [0.4, 0.5) is 0 Å². The quantitative estimate of drug-likeness (QED) is 0.922. The third kappa shape index (κ3) is 3.02. The van der Waals surface area contributed by atoms with Crippen LogP contribution in [0.3, 0.4) is 0 Å². The van der Waals surface area contributed by atoms with Gasteiger partial charge < -0.3 is 9.84 Å². The van der Waals surface area contributed by atoms with Crippen LogP contribution in [0.1, 0.15) is 11.1 Å². The Morgan fingerprint density at radius 1 is 1.39 bits per heavy atom. The van der Waals surface area contributed by atoms with Gasteiger partial charge in [0.15, 0.2) is 0 Å². The van der Waals surface area contributed by atoms with Crippen molar-refractivity contribution >= 4 is 27.5 Å². The zero-order valence-corrected chi connectivity index (χ0v) is 12.0. The van der Waals surface area contributed by atoms with Gasteiger partial charge in [-0.05, 0) is 30.7 Å². The molecular weight excluding hydrogens is 318 g/mol. The normalized spacial score (nSPS) is 10.4. The van der Waals surface area contributed by atoms with E-state index < -0.39 is 0 Å². The maximum atomic E-state index is 9.12. The Bertz CT molecular complexity index is 575. The van der Waals surface area contributed by atoms with Gasteiger partial charge in [-0.2, -0.15) is 0 Å². The maximum absolute atomic E-state index is 9.12. The van der Waals surface area contributed by atoms with E-state index in [1.807, 2.05) is 25.1 Å². The SMILES string of the molecule is Cc1cc(Oc2cc(CO)c(Cl)cn2)ccc1Br. The Kier molecular flexibility index (Phi) is 4.22. The van der Waals surface area contributed by atoms with E-state index in [0.717, 1.165) is 10.0 Å². The summed E-state index contributed by atoms with van der Waals surface area (Å²) in [5.41, 5.74) is 1.67. The highest BCUT2D eigenvalue weighted by Crippen LogP contribution is 2.27. The molecule has 0 spiro atoms. The molecule has 0 aliphatic rings. The van der Waals surface area contributed by atoms with Crippen molar-refractivity contribution in [2.24, 2.45) is 0 Å². The summed E-state index contributed by atoms with van der Waals surface area (Å²) in [5.74, 6) is 1.10. The third-order valence-electron chi connectivity index (χ3n) is 2.43. The predicted molar refractivity (Wildman–Crippen MR) is 74.1 cm³/mol. The fourth-order valence-corrected chi connectivity index (χ4v) is 1.85. The molecule has 2 aromatic rings. The molecule has 1 aromatic carbocycles. The minimum Gasteiger partial charge on any atom is -0.439 e. The lowest BCUT2D eigenvalue weighted by Crippen LogP contribution is -1.92. The molecule has 0 aliphatic carbocycles. The molecule has 1 heterocycles. The van der Waals surface area contributed by atoms with Crippen molar-refractivity contribution in [2.75, 3.05) is 0 Å². The molecule has 5 heteroatoms. The molecule has 0 aliphatic heterocycles. The molecule has 2 rings (SSSR count). The van der Waals surface area contributed by atoms with Gasteiger partial charge in [0.05, 0.1) is 11.6 Å². The molecule has 0 saturated heterocycles. The second kappa shape index (κ2) is 5.69. The molecule has 0 unspecified atom stereocenters. The minimum absolute atomic E-state index is 0.142. The van der Waals surface area contributed by atoms with E-state index in [0.29, 0.717) is 22.2 Å². The zero-order valence-electron chi connectivity index (χ0n) is 9.65. The number of aromatic nitrogens is 1.